The first-order valence-corrected chi connectivity index (χ1v) is 15.9. The van der Waals surface area contributed by atoms with Crippen molar-refractivity contribution in [3.05, 3.63) is 203 Å². The molecule has 48 heavy (non-hydrogen) atoms. The number of hydrogen-bond acceptors (Lipinski definition) is 4. The summed E-state index contributed by atoms with van der Waals surface area (Å²) in [5.41, 5.74) is 6.01. The number of carbonyl (C=O) groups excluding carboxylic acids is 2. The lowest BCUT2D eigenvalue weighted by atomic mass is 9.99. The van der Waals surface area contributed by atoms with Gasteiger partial charge in [0.2, 0.25) is 0 Å². The highest BCUT2D eigenvalue weighted by Crippen LogP contribution is 2.37. The average molecular weight is 625 g/mol. The van der Waals surface area contributed by atoms with E-state index in [1.807, 2.05) is 134 Å². The van der Waals surface area contributed by atoms with E-state index in [9.17, 15) is 9.59 Å². The van der Waals surface area contributed by atoms with Gasteiger partial charge in [-0.1, -0.05) is 109 Å². The van der Waals surface area contributed by atoms with Crippen LogP contribution in [0.3, 0.4) is 0 Å². The summed E-state index contributed by atoms with van der Waals surface area (Å²) in [6.45, 7) is 2.00. The zero-order valence-corrected chi connectivity index (χ0v) is 26.4. The number of rotatable bonds is 10. The van der Waals surface area contributed by atoms with Crippen LogP contribution in [0.25, 0.3) is 10.8 Å². The topological polar surface area (TPSA) is 52.6 Å². The Hall–Kier alpha value is -6.26. The zero-order chi connectivity index (χ0) is 32.9. The Kier molecular flexibility index (Phi) is 8.62. The Morgan fingerprint density at radius 1 is 0.417 bits per heavy atom. The number of fused-ring (bicyclic) bond motifs is 1. The third kappa shape index (κ3) is 6.79. The van der Waals surface area contributed by atoms with Gasteiger partial charge in [0.25, 0.3) is 0 Å². The molecule has 0 aliphatic rings. The molecule has 0 N–H and O–H groups in total. The summed E-state index contributed by atoms with van der Waals surface area (Å²) < 4.78 is 12.6. The molecular weight excluding hydrogens is 592 g/mol. The fourth-order valence-electron chi connectivity index (χ4n) is 5.67. The fourth-order valence-corrected chi connectivity index (χ4v) is 5.67. The van der Waals surface area contributed by atoms with Gasteiger partial charge >= 0.3 is 0 Å². The predicted octanol–water partition coefficient (Wildman–Crippen LogP) is 10.8. The van der Waals surface area contributed by atoms with E-state index < -0.39 is 0 Å². The van der Waals surface area contributed by atoms with Gasteiger partial charge in [0, 0.05) is 33.0 Å². The number of ketones is 2. The molecule has 0 amide bonds. The van der Waals surface area contributed by atoms with Crippen LogP contribution in [0, 0.1) is 6.92 Å². The van der Waals surface area contributed by atoms with Crippen LogP contribution in [0.2, 0.25) is 0 Å². The Bertz CT molecular complexity index is 2200. The van der Waals surface area contributed by atoms with Crippen molar-refractivity contribution >= 4 is 22.3 Å². The quantitative estimate of drug-likeness (QED) is 0.142. The van der Waals surface area contributed by atoms with Gasteiger partial charge in [-0.25, -0.2) is 0 Å². The molecule has 4 nitrogen and oxygen atoms in total. The highest BCUT2D eigenvalue weighted by Gasteiger charge is 2.14. The molecule has 0 heterocycles. The number of benzene rings is 7. The molecule has 0 radical (unpaired) electrons. The van der Waals surface area contributed by atoms with Crippen molar-refractivity contribution in [2.75, 3.05) is 0 Å². The number of carbonyl (C=O) groups is 2. The Labute approximate surface area is 279 Å². The van der Waals surface area contributed by atoms with E-state index in [0.29, 0.717) is 45.3 Å². The normalized spacial score (nSPS) is 10.9. The fraction of sp³-hybridized carbons (Fsp3) is 0.0455. The summed E-state index contributed by atoms with van der Waals surface area (Å²) in [6.07, 6.45) is 0.827. The van der Waals surface area contributed by atoms with Crippen LogP contribution in [-0.2, 0) is 6.42 Å². The maximum Gasteiger partial charge on any atom is 0.193 e. The SMILES string of the molecule is Cc1ccc(C(=O)c2ccc(Oc3ccc(Oc4ccc(C(=O)c5ccc(Cc6ccccc6)cc5)cc4)c4ccccc34)cc2)cc1. The van der Waals surface area contributed by atoms with Crippen molar-refractivity contribution < 1.29 is 19.1 Å². The molecule has 0 fully saturated rings. The second-order valence-electron chi connectivity index (χ2n) is 11.7. The molecule has 0 unspecified atom stereocenters. The summed E-state index contributed by atoms with van der Waals surface area (Å²) in [6, 6.07) is 51.7. The summed E-state index contributed by atoms with van der Waals surface area (Å²) >= 11 is 0. The summed E-state index contributed by atoms with van der Waals surface area (Å²) in [5.74, 6) is 2.53. The monoisotopic (exact) mass is 624 g/mol. The van der Waals surface area contributed by atoms with Gasteiger partial charge < -0.3 is 9.47 Å². The average Bonchev–Trinajstić information content (AvgIpc) is 3.14. The van der Waals surface area contributed by atoms with Crippen LogP contribution in [0.4, 0.5) is 0 Å². The minimum atomic E-state index is -0.0349. The van der Waals surface area contributed by atoms with Gasteiger partial charge in [0.1, 0.15) is 23.0 Å². The second kappa shape index (κ2) is 13.6. The van der Waals surface area contributed by atoms with E-state index in [1.165, 1.54) is 5.56 Å². The lowest BCUT2D eigenvalue weighted by Crippen LogP contribution is -2.01. The number of aryl methyl sites for hydroxylation is 1. The molecule has 0 aromatic heterocycles. The minimum Gasteiger partial charge on any atom is -0.457 e. The number of ether oxygens (including phenoxy) is 2. The van der Waals surface area contributed by atoms with Crippen LogP contribution in [0.5, 0.6) is 23.0 Å². The van der Waals surface area contributed by atoms with E-state index in [0.717, 1.165) is 28.3 Å². The van der Waals surface area contributed by atoms with E-state index in [2.05, 4.69) is 12.1 Å². The van der Waals surface area contributed by atoms with Crippen LogP contribution in [0.1, 0.15) is 48.5 Å². The standard InChI is InChI=1S/C44H32O4/c1-30-11-15-33(16-12-30)43(45)35-19-23-37(24-20-35)47-41-27-28-42(40-10-6-5-9-39(40)41)48-38-25-21-36(22-26-38)44(46)34-17-13-32(14-18-34)29-31-7-3-2-4-8-31/h2-28H,29H2,1H3. The van der Waals surface area contributed by atoms with Crippen LogP contribution >= 0.6 is 0 Å². The molecule has 7 rings (SSSR count). The van der Waals surface area contributed by atoms with Gasteiger partial charge in [-0.15, -0.1) is 0 Å². The molecule has 0 atom stereocenters. The van der Waals surface area contributed by atoms with Crippen LogP contribution in [-0.4, -0.2) is 11.6 Å². The molecule has 0 spiro atoms. The molecule has 7 aromatic carbocycles. The van der Waals surface area contributed by atoms with Crippen molar-refractivity contribution in [1.29, 1.82) is 0 Å². The summed E-state index contributed by atoms with van der Waals surface area (Å²) in [7, 11) is 0. The highest BCUT2D eigenvalue weighted by molar-refractivity contribution is 6.09. The minimum absolute atomic E-state index is 0.0286. The summed E-state index contributed by atoms with van der Waals surface area (Å²) in [5, 5.41) is 1.77. The molecule has 0 saturated carbocycles. The second-order valence-corrected chi connectivity index (χ2v) is 11.7. The molecular formula is C44H32O4. The maximum absolute atomic E-state index is 13.2. The Morgan fingerprint density at radius 2 is 0.792 bits per heavy atom. The highest BCUT2D eigenvalue weighted by atomic mass is 16.5. The third-order valence-corrected chi connectivity index (χ3v) is 8.31. The van der Waals surface area contributed by atoms with Crippen molar-refractivity contribution in [3.63, 3.8) is 0 Å². The van der Waals surface area contributed by atoms with Crippen LogP contribution in [0.15, 0.2) is 164 Å². The van der Waals surface area contributed by atoms with Crippen molar-refractivity contribution in [2.45, 2.75) is 13.3 Å². The molecule has 0 aliphatic carbocycles. The van der Waals surface area contributed by atoms with Crippen molar-refractivity contribution in [1.82, 2.24) is 0 Å². The molecule has 0 bridgehead atoms. The van der Waals surface area contributed by atoms with Crippen molar-refractivity contribution in [3.8, 4) is 23.0 Å². The van der Waals surface area contributed by atoms with E-state index in [4.69, 9.17) is 9.47 Å². The van der Waals surface area contributed by atoms with Gasteiger partial charge in [-0.05, 0) is 85.1 Å². The largest absolute Gasteiger partial charge is 0.457 e. The molecule has 0 saturated heterocycles. The zero-order valence-electron chi connectivity index (χ0n) is 26.4. The lowest BCUT2D eigenvalue weighted by molar-refractivity contribution is 0.103. The first-order chi connectivity index (χ1) is 23.5. The van der Waals surface area contributed by atoms with Crippen LogP contribution < -0.4 is 9.47 Å². The van der Waals surface area contributed by atoms with E-state index in [-0.39, 0.29) is 11.6 Å². The van der Waals surface area contributed by atoms with Gasteiger partial charge in [-0.2, -0.15) is 0 Å². The Morgan fingerprint density at radius 3 is 1.25 bits per heavy atom. The van der Waals surface area contributed by atoms with E-state index >= 15 is 0 Å². The lowest BCUT2D eigenvalue weighted by Gasteiger charge is -2.14. The summed E-state index contributed by atoms with van der Waals surface area (Å²) in [4.78, 5) is 26.1. The van der Waals surface area contributed by atoms with E-state index in [1.54, 1.807) is 24.3 Å². The molecule has 232 valence electrons. The van der Waals surface area contributed by atoms with Gasteiger partial charge in [-0.3, -0.25) is 9.59 Å². The first kappa shape index (κ1) is 30.4. The predicted molar refractivity (Wildman–Crippen MR) is 191 cm³/mol. The maximum atomic E-state index is 13.2. The Balaban J connectivity index is 1.03. The molecule has 0 aliphatic heterocycles. The third-order valence-electron chi connectivity index (χ3n) is 8.31. The smallest absolute Gasteiger partial charge is 0.193 e. The van der Waals surface area contributed by atoms with Gasteiger partial charge in [0.15, 0.2) is 11.6 Å². The van der Waals surface area contributed by atoms with Gasteiger partial charge in [0.05, 0.1) is 0 Å². The molecule has 4 heteroatoms. The number of hydrogen-bond donors (Lipinski definition) is 0. The van der Waals surface area contributed by atoms with Crippen molar-refractivity contribution in [2.24, 2.45) is 0 Å². The molecule has 7 aromatic rings. The first-order valence-electron chi connectivity index (χ1n) is 15.9.